The highest BCUT2D eigenvalue weighted by molar-refractivity contribution is 4.84. The highest BCUT2D eigenvalue weighted by Gasteiger charge is 2.10. The molecule has 5 heteroatoms. The summed E-state index contributed by atoms with van der Waals surface area (Å²) in [7, 11) is 1.91. The first-order valence-electron chi connectivity index (χ1n) is 5.30. The third-order valence-corrected chi connectivity index (χ3v) is 2.33. The maximum absolute atomic E-state index is 9.17. The largest absolute Gasteiger partial charge is 0.395 e. The fraction of sp³-hybridized carbons (Fsp3) is 0.800. The molecule has 0 radical (unpaired) electrons. The highest BCUT2D eigenvalue weighted by atomic mass is 16.3. The second-order valence-electron chi connectivity index (χ2n) is 4.25. The van der Waals surface area contributed by atoms with E-state index in [1.165, 1.54) is 0 Å². The predicted molar refractivity (Wildman–Crippen MR) is 58.2 cm³/mol. The molecule has 0 aliphatic rings. The molecular weight excluding hydrogens is 192 g/mol. The summed E-state index contributed by atoms with van der Waals surface area (Å²) in [6.07, 6.45) is 2.64. The number of hydrogen-bond donors (Lipinski definition) is 2. The molecule has 1 aromatic heterocycles. The zero-order chi connectivity index (χ0) is 11.3. The van der Waals surface area contributed by atoms with Crippen molar-refractivity contribution in [2.75, 3.05) is 6.61 Å². The SMILES string of the molecule is CC(C)CC(CO)NCc1nncn1C. The molecule has 2 N–H and O–H groups in total. The van der Waals surface area contributed by atoms with E-state index in [9.17, 15) is 0 Å². The summed E-state index contributed by atoms with van der Waals surface area (Å²) in [5, 5.41) is 20.2. The van der Waals surface area contributed by atoms with Gasteiger partial charge in [0.15, 0.2) is 0 Å². The van der Waals surface area contributed by atoms with Crippen molar-refractivity contribution in [2.24, 2.45) is 13.0 Å². The lowest BCUT2D eigenvalue weighted by atomic mass is 10.0. The molecule has 0 fully saturated rings. The molecular formula is C10H20N4O. The molecule has 0 spiro atoms. The van der Waals surface area contributed by atoms with Crippen molar-refractivity contribution in [1.29, 1.82) is 0 Å². The number of aromatic nitrogens is 3. The van der Waals surface area contributed by atoms with Gasteiger partial charge in [-0.3, -0.25) is 0 Å². The van der Waals surface area contributed by atoms with Gasteiger partial charge < -0.3 is 15.0 Å². The van der Waals surface area contributed by atoms with Gasteiger partial charge in [0.2, 0.25) is 0 Å². The zero-order valence-corrected chi connectivity index (χ0v) is 9.64. The van der Waals surface area contributed by atoms with Gasteiger partial charge in [-0.1, -0.05) is 13.8 Å². The van der Waals surface area contributed by atoms with Crippen LogP contribution in [0.15, 0.2) is 6.33 Å². The number of nitrogens with zero attached hydrogens (tertiary/aromatic N) is 3. The summed E-state index contributed by atoms with van der Waals surface area (Å²) in [6.45, 7) is 5.10. The second-order valence-corrected chi connectivity index (χ2v) is 4.25. The zero-order valence-electron chi connectivity index (χ0n) is 9.64. The molecule has 5 nitrogen and oxygen atoms in total. The van der Waals surface area contributed by atoms with Crippen LogP contribution in [0.4, 0.5) is 0 Å². The summed E-state index contributed by atoms with van der Waals surface area (Å²) in [4.78, 5) is 0. The number of nitrogens with one attached hydrogen (secondary N) is 1. The van der Waals surface area contributed by atoms with Crippen LogP contribution in [0.3, 0.4) is 0 Å². The van der Waals surface area contributed by atoms with Gasteiger partial charge in [-0.2, -0.15) is 0 Å². The van der Waals surface area contributed by atoms with E-state index in [4.69, 9.17) is 5.11 Å². The predicted octanol–water partition coefficient (Wildman–Crippen LogP) is 0.312. The van der Waals surface area contributed by atoms with Gasteiger partial charge in [0.1, 0.15) is 12.2 Å². The number of aliphatic hydroxyl groups is 1. The van der Waals surface area contributed by atoms with E-state index < -0.39 is 0 Å². The molecule has 86 valence electrons. The lowest BCUT2D eigenvalue weighted by molar-refractivity contribution is 0.222. The first-order chi connectivity index (χ1) is 7.13. The molecule has 0 aromatic carbocycles. The van der Waals surface area contributed by atoms with Crippen molar-refractivity contribution in [3.8, 4) is 0 Å². The fourth-order valence-electron chi connectivity index (χ4n) is 1.49. The lowest BCUT2D eigenvalue weighted by Gasteiger charge is -2.17. The van der Waals surface area contributed by atoms with Gasteiger partial charge in [0.25, 0.3) is 0 Å². The van der Waals surface area contributed by atoms with E-state index in [2.05, 4.69) is 29.4 Å². The van der Waals surface area contributed by atoms with Crippen LogP contribution >= 0.6 is 0 Å². The third-order valence-electron chi connectivity index (χ3n) is 2.33. The molecule has 0 aliphatic heterocycles. The average Bonchev–Trinajstić information content (AvgIpc) is 2.58. The van der Waals surface area contributed by atoms with Crippen LogP contribution in [0.2, 0.25) is 0 Å². The van der Waals surface area contributed by atoms with Crippen molar-refractivity contribution < 1.29 is 5.11 Å². The minimum atomic E-state index is 0.140. The van der Waals surface area contributed by atoms with E-state index in [1.54, 1.807) is 6.33 Å². The molecule has 0 aliphatic carbocycles. The normalized spacial score (nSPS) is 13.4. The van der Waals surface area contributed by atoms with E-state index in [1.807, 2.05) is 11.6 Å². The van der Waals surface area contributed by atoms with E-state index in [0.29, 0.717) is 12.5 Å². The van der Waals surface area contributed by atoms with E-state index in [0.717, 1.165) is 12.2 Å². The maximum Gasteiger partial charge on any atom is 0.146 e. The molecule has 1 rings (SSSR count). The van der Waals surface area contributed by atoms with Crippen molar-refractivity contribution in [3.05, 3.63) is 12.2 Å². The van der Waals surface area contributed by atoms with Gasteiger partial charge in [0, 0.05) is 13.1 Å². The molecule has 0 bridgehead atoms. The maximum atomic E-state index is 9.17. The number of aliphatic hydroxyl groups excluding tert-OH is 1. The lowest BCUT2D eigenvalue weighted by Crippen LogP contribution is -2.34. The first-order valence-corrected chi connectivity index (χ1v) is 5.30. The van der Waals surface area contributed by atoms with Gasteiger partial charge in [-0.25, -0.2) is 0 Å². The van der Waals surface area contributed by atoms with Crippen LogP contribution in [-0.2, 0) is 13.6 Å². The summed E-state index contributed by atoms with van der Waals surface area (Å²) >= 11 is 0. The van der Waals surface area contributed by atoms with Crippen LogP contribution < -0.4 is 5.32 Å². The topological polar surface area (TPSA) is 63.0 Å². The Morgan fingerprint density at radius 1 is 1.53 bits per heavy atom. The summed E-state index contributed by atoms with van der Waals surface area (Å²) < 4.78 is 1.87. The summed E-state index contributed by atoms with van der Waals surface area (Å²) in [5.41, 5.74) is 0. The Morgan fingerprint density at radius 3 is 2.73 bits per heavy atom. The van der Waals surface area contributed by atoms with Crippen LogP contribution in [-0.4, -0.2) is 32.5 Å². The molecule has 1 heterocycles. The highest BCUT2D eigenvalue weighted by Crippen LogP contribution is 2.04. The number of hydrogen-bond acceptors (Lipinski definition) is 4. The third kappa shape index (κ3) is 3.97. The van der Waals surface area contributed by atoms with Crippen LogP contribution in [0.1, 0.15) is 26.1 Å². The Bertz CT molecular complexity index is 285. The quantitative estimate of drug-likeness (QED) is 0.712. The molecule has 0 saturated heterocycles. The van der Waals surface area contributed by atoms with Crippen molar-refractivity contribution in [3.63, 3.8) is 0 Å². The van der Waals surface area contributed by atoms with Gasteiger partial charge in [-0.15, -0.1) is 10.2 Å². The molecule has 1 aromatic rings. The van der Waals surface area contributed by atoms with Crippen molar-refractivity contribution in [1.82, 2.24) is 20.1 Å². The molecule has 0 amide bonds. The Hall–Kier alpha value is -0.940. The minimum absolute atomic E-state index is 0.140. The smallest absolute Gasteiger partial charge is 0.146 e. The average molecular weight is 212 g/mol. The van der Waals surface area contributed by atoms with Crippen LogP contribution in [0, 0.1) is 5.92 Å². The fourth-order valence-corrected chi connectivity index (χ4v) is 1.49. The van der Waals surface area contributed by atoms with E-state index in [-0.39, 0.29) is 12.6 Å². The Kier molecular flexibility index (Phi) is 4.71. The Labute approximate surface area is 90.5 Å². The summed E-state index contributed by atoms with van der Waals surface area (Å²) in [6, 6.07) is 0.140. The molecule has 15 heavy (non-hydrogen) atoms. The number of aryl methyl sites for hydroxylation is 1. The standard InChI is InChI=1S/C10H20N4O/c1-8(2)4-9(6-15)11-5-10-13-12-7-14(10)3/h7-9,11,15H,4-6H2,1-3H3. The minimum Gasteiger partial charge on any atom is -0.395 e. The van der Waals surface area contributed by atoms with Gasteiger partial charge >= 0.3 is 0 Å². The van der Waals surface area contributed by atoms with E-state index >= 15 is 0 Å². The monoisotopic (exact) mass is 212 g/mol. The molecule has 1 atom stereocenters. The van der Waals surface area contributed by atoms with Crippen molar-refractivity contribution >= 4 is 0 Å². The Balaban J connectivity index is 2.37. The molecule has 1 unspecified atom stereocenters. The van der Waals surface area contributed by atoms with Crippen LogP contribution in [0.25, 0.3) is 0 Å². The van der Waals surface area contributed by atoms with Gasteiger partial charge in [-0.05, 0) is 12.3 Å². The Morgan fingerprint density at radius 2 is 2.27 bits per heavy atom. The van der Waals surface area contributed by atoms with Crippen molar-refractivity contribution in [2.45, 2.75) is 32.9 Å². The number of rotatable bonds is 6. The van der Waals surface area contributed by atoms with Gasteiger partial charge in [0.05, 0.1) is 13.2 Å². The molecule has 0 saturated carbocycles. The second kappa shape index (κ2) is 5.82. The van der Waals surface area contributed by atoms with Crippen LogP contribution in [0.5, 0.6) is 0 Å². The summed E-state index contributed by atoms with van der Waals surface area (Å²) in [5.74, 6) is 1.46. The first kappa shape index (κ1) is 12.1.